The molecule has 0 aliphatic heterocycles. The average Bonchev–Trinajstić information content (AvgIpc) is 3.10. The molecule has 0 aliphatic rings. The third-order valence-corrected chi connectivity index (χ3v) is 5.83. The lowest BCUT2D eigenvalue weighted by atomic mass is 10.1. The molecule has 0 spiro atoms. The molecule has 28 heavy (non-hydrogen) atoms. The second kappa shape index (κ2) is 11.4. The number of amides is 2. The van der Waals surface area contributed by atoms with Crippen LogP contribution >= 0.6 is 23.5 Å². The number of nitrogens with one attached hydrogen (secondary N) is 2. The largest absolute Gasteiger partial charge is 0.360 e. The summed E-state index contributed by atoms with van der Waals surface area (Å²) in [5, 5.41) is 17.9. The van der Waals surface area contributed by atoms with Gasteiger partial charge in [0.1, 0.15) is 5.76 Å². The number of anilines is 1. The van der Waals surface area contributed by atoms with Gasteiger partial charge in [-0.25, -0.2) is 0 Å². The molecule has 0 bridgehead atoms. The van der Waals surface area contributed by atoms with Crippen molar-refractivity contribution in [3.63, 3.8) is 0 Å². The lowest BCUT2D eigenvalue weighted by Crippen LogP contribution is -2.30. The van der Waals surface area contributed by atoms with Gasteiger partial charge in [-0.05, 0) is 25.5 Å². The van der Waals surface area contributed by atoms with Crippen molar-refractivity contribution in [2.45, 2.75) is 24.9 Å². The summed E-state index contributed by atoms with van der Waals surface area (Å²) in [5.74, 6) is 2.33. The number of nitrogens with zero attached hydrogens (tertiary/aromatic N) is 2. The van der Waals surface area contributed by atoms with Gasteiger partial charge in [0, 0.05) is 24.1 Å². The van der Waals surface area contributed by atoms with E-state index in [1.807, 2.05) is 18.2 Å². The molecule has 0 aliphatic carbocycles. The monoisotopic (exact) mass is 418 g/mol. The Hall–Kier alpha value is -2.44. The Morgan fingerprint density at radius 1 is 1.36 bits per heavy atom. The average molecular weight is 419 g/mol. The zero-order chi connectivity index (χ0) is 20.4. The van der Waals surface area contributed by atoms with E-state index in [1.165, 1.54) is 11.8 Å². The molecule has 2 amide bonds. The van der Waals surface area contributed by atoms with Gasteiger partial charge in [-0.1, -0.05) is 23.4 Å². The summed E-state index contributed by atoms with van der Waals surface area (Å²) < 4.78 is 4.90. The number of aryl methyl sites for hydroxylation is 1. The van der Waals surface area contributed by atoms with Crippen molar-refractivity contribution in [1.29, 1.82) is 5.26 Å². The SMILES string of the molecule is Cc1cc(NC(=O)C(C)SCC(=O)NCCSCc2ccccc2C#N)no1. The minimum Gasteiger partial charge on any atom is -0.360 e. The van der Waals surface area contributed by atoms with E-state index in [-0.39, 0.29) is 22.8 Å². The Morgan fingerprint density at radius 2 is 2.14 bits per heavy atom. The third kappa shape index (κ3) is 7.29. The fraction of sp³-hybridized carbons (Fsp3) is 0.368. The lowest BCUT2D eigenvalue weighted by Gasteiger charge is -2.10. The predicted octanol–water partition coefficient (Wildman–Crippen LogP) is 2.96. The molecule has 1 unspecified atom stereocenters. The fourth-order valence-corrected chi connectivity index (χ4v) is 3.76. The highest BCUT2D eigenvalue weighted by Gasteiger charge is 2.16. The zero-order valence-corrected chi connectivity index (χ0v) is 17.4. The van der Waals surface area contributed by atoms with Crippen LogP contribution in [-0.4, -0.2) is 40.3 Å². The number of nitriles is 1. The van der Waals surface area contributed by atoms with E-state index >= 15 is 0 Å². The molecule has 148 valence electrons. The molecular formula is C19H22N4O3S2. The Bertz CT molecular complexity index is 848. The second-order valence-corrected chi connectivity index (χ2v) is 8.37. The molecular weight excluding hydrogens is 396 g/mol. The van der Waals surface area contributed by atoms with Gasteiger partial charge < -0.3 is 15.2 Å². The van der Waals surface area contributed by atoms with Crippen LogP contribution in [0, 0.1) is 18.3 Å². The quantitative estimate of drug-likeness (QED) is 0.571. The molecule has 9 heteroatoms. The zero-order valence-electron chi connectivity index (χ0n) is 15.7. The van der Waals surface area contributed by atoms with Gasteiger partial charge in [-0.2, -0.15) is 17.0 Å². The summed E-state index contributed by atoms with van der Waals surface area (Å²) >= 11 is 2.92. The molecule has 1 heterocycles. The van der Waals surface area contributed by atoms with Crippen LogP contribution in [-0.2, 0) is 15.3 Å². The highest BCUT2D eigenvalue weighted by atomic mass is 32.2. The van der Waals surface area contributed by atoms with Gasteiger partial charge in [-0.15, -0.1) is 11.8 Å². The van der Waals surface area contributed by atoms with Crippen molar-refractivity contribution < 1.29 is 14.1 Å². The standard InChI is InChI=1S/C19H22N4O3S2/c1-13-9-17(23-26-13)22-19(25)14(2)28-12-18(24)21-7-8-27-11-16-6-4-3-5-15(16)10-20/h3-6,9,14H,7-8,11-12H2,1-2H3,(H,21,24)(H,22,23,25). The Labute approximate surface area is 172 Å². The topological polar surface area (TPSA) is 108 Å². The second-order valence-electron chi connectivity index (χ2n) is 5.94. The van der Waals surface area contributed by atoms with Crippen LogP contribution in [0.2, 0.25) is 0 Å². The van der Waals surface area contributed by atoms with E-state index in [9.17, 15) is 9.59 Å². The number of rotatable bonds is 10. The highest BCUT2D eigenvalue weighted by molar-refractivity contribution is 8.01. The highest BCUT2D eigenvalue weighted by Crippen LogP contribution is 2.16. The van der Waals surface area contributed by atoms with Gasteiger partial charge in [0.05, 0.1) is 22.6 Å². The van der Waals surface area contributed by atoms with Crippen molar-refractivity contribution in [3.05, 3.63) is 47.2 Å². The first-order chi connectivity index (χ1) is 13.5. The number of hydrogen-bond acceptors (Lipinski definition) is 7. The van der Waals surface area contributed by atoms with Crippen molar-refractivity contribution >= 4 is 41.2 Å². The summed E-state index contributed by atoms with van der Waals surface area (Å²) in [7, 11) is 0. The molecule has 1 aromatic heterocycles. The molecule has 2 aromatic rings. The maximum atomic E-state index is 12.0. The van der Waals surface area contributed by atoms with Crippen LogP contribution in [0.3, 0.4) is 0 Å². The first-order valence-corrected chi connectivity index (χ1v) is 10.9. The molecule has 2 N–H and O–H groups in total. The number of carbonyl (C=O) groups excluding carboxylic acids is 2. The Balaban J connectivity index is 1.59. The summed E-state index contributed by atoms with van der Waals surface area (Å²) in [6.07, 6.45) is 0. The van der Waals surface area contributed by atoms with Gasteiger partial charge in [0.25, 0.3) is 0 Å². The van der Waals surface area contributed by atoms with Gasteiger partial charge in [0.2, 0.25) is 11.8 Å². The molecule has 1 atom stereocenters. The number of thioether (sulfide) groups is 2. The third-order valence-electron chi connectivity index (χ3n) is 3.68. The Kier molecular flexibility index (Phi) is 8.91. The number of hydrogen-bond donors (Lipinski definition) is 2. The van der Waals surface area contributed by atoms with Crippen molar-refractivity contribution in [2.24, 2.45) is 0 Å². The summed E-state index contributed by atoms with van der Waals surface area (Å²) in [6, 6.07) is 11.3. The molecule has 2 rings (SSSR count). The first-order valence-electron chi connectivity index (χ1n) is 8.68. The van der Waals surface area contributed by atoms with Gasteiger partial charge >= 0.3 is 0 Å². The summed E-state index contributed by atoms with van der Waals surface area (Å²) in [5.41, 5.74) is 1.68. The predicted molar refractivity (Wildman–Crippen MR) is 112 cm³/mol. The molecule has 0 saturated heterocycles. The number of carbonyl (C=O) groups is 2. The summed E-state index contributed by atoms with van der Waals surface area (Å²) in [6.45, 7) is 4.02. The van der Waals surface area contributed by atoms with E-state index in [1.54, 1.807) is 37.7 Å². The van der Waals surface area contributed by atoms with Crippen LogP contribution < -0.4 is 10.6 Å². The van der Waals surface area contributed by atoms with Crippen molar-refractivity contribution in [3.8, 4) is 6.07 Å². The summed E-state index contributed by atoms with van der Waals surface area (Å²) in [4.78, 5) is 24.0. The van der Waals surface area contributed by atoms with Crippen LogP contribution in [0.5, 0.6) is 0 Å². The minimum absolute atomic E-state index is 0.111. The van der Waals surface area contributed by atoms with Crippen LogP contribution in [0.25, 0.3) is 0 Å². The van der Waals surface area contributed by atoms with Crippen molar-refractivity contribution in [1.82, 2.24) is 10.5 Å². The van der Waals surface area contributed by atoms with Crippen LogP contribution in [0.15, 0.2) is 34.9 Å². The van der Waals surface area contributed by atoms with E-state index in [0.29, 0.717) is 23.7 Å². The number of aromatic nitrogens is 1. The van der Waals surface area contributed by atoms with E-state index in [4.69, 9.17) is 9.78 Å². The van der Waals surface area contributed by atoms with E-state index < -0.39 is 0 Å². The van der Waals surface area contributed by atoms with E-state index in [0.717, 1.165) is 17.1 Å². The van der Waals surface area contributed by atoms with Crippen LogP contribution in [0.4, 0.5) is 5.82 Å². The van der Waals surface area contributed by atoms with Gasteiger partial charge in [-0.3, -0.25) is 9.59 Å². The lowest BCUT2D eigenvalue weighted by molar-refractivity contribution is -0.118. The molecule has 0 fully saturated rings. The maximum Gasteiger partial charge on any atom is 0.238 e. The molecule has 1 aromatic carbocycles. The smallest absolute Gasteiger partial charge is 0.238 e. The fourth-order valence-electron chi connectivity index (χ4n) is 2.18. The van der Waals surface area contributed by atoms with Gasteiger partial charge in [0.15, 0.2) is 5.82 Å². The normalized spacial score (nSPS) is 11.5. The molecule has 7 nitrogen and oxygen atoms in total. The Morgan fingerprint density at radius 3 is 2.86 bits per heavy atom. The number of benzene rings is 1. The first kappa shape index (κ1) is 21.9. The van der Waals surface area contributed by atoms with E-state index in [2.05, 4.69) is 21.9 Å². The molecule has 0 saturated carbocycles. The molecule has 0 radical (unpaired) electrons. The van der Waals surface area contributed by atoms with Crippen LogP contribution in [0.1, 0.15) is 23.8 Å². The van der Waals surface area contributed by atoms with Crippen molar-refractivity contribution in [2.75, 3.05) is 23.4 Å². The maximum absolute atomic E-state index is 12.0. The minimum atomic E-state index is -0.389.